The van der Waals surface area contributed by atoms with Crippen molar-refractivity contribution in [2.45, 2.75) is 19.4 Å². The molecule has 94 valence electrons. The first kappa shape index (κ1) is 12.6. The Labute approximate surface area is 106 Å². The third kappa shape index (κ3) is 3.34. The van der Waals surface area contributed by atoms with E-state index >= 15 is 0 Å². The second kappa shape index (κ2) is 6.21. The number of aromatic nitrogens is 2. The van der Waals surface area contributed by atoms with E-state index in [0.717, 1.165) is 18.5 Å². The van der Waals surface area contributed by atoms with Crippen LogP contribution in [0.1, 0.15) is 24.1 Å². The van der Waals surface area contributed by atoms with Crippen molar-refractivity contribution in [3.8, 4) is 0 Å². The molecule has 0 saturated carbocycles. The van der Waals surface area contributed by atoms with Gasteiger partial charge in [-0.1, -0.05) is 6.92 Å². The average Bonchev–Trinajstić information content (AvgIpc) is 2.39. The Bertz CT molecular complexity index is 487. The van der Waals surface area contributed by atoms with Gasteiger partial charge in [0.15, 0.2) is 0 Å². The zero-order chi connectivity index (χ0) is 12.8. The maximum absolute atomic E-state index is 13.2. The van der Waals surface area contributed by atoms with E-state index in [1.165, 1.54) is 17.8 Å². The van der Waals surface area contributed by atoms with Gasteiger partial charge in [0.2, 0.25) is 0 Å². The summed E-state index contributed by atoms with van der Waals surface area (Å²) >= 11 is 0. The fraction of sp³-hybridized carbons (Fsp3) is 0.286. The van der Waals surface area contributed by atoms with Gasteiger partial charge in [0, 0.05) is 24.6 Å². The average molecular weight is 245 g/mol. The highest BCUT2D eigenvalue weighted by Crippen LogP contribution is 2.18. The maximum Gasteiger partial charge on any atom is 0.141 e. The fourth-order valence-corrected chi connectivity index (χ4v) is 1.93. The third-order valence-electron chi connectivity index (χ3n) is 2.77. The lowest BCUT2D eigenvalue weighted by molar-refractivity contribution is 0.539. The van der Waals surface area contributed by atoms with Crippen LogP contribution in [0.3, 0.4) is 0 Å². The van der Waals surface area contributed by atoms with Crippen molar-refractivity contribution < 1.29 is 4.39 Å². The van der Waals surface area contributed by atoms with Gasteiger partial charge in [0.1, 0.15) is 5.82 Å². The Morgan fingerprint density at radius 1 is 1.22 bits per heavy atom. The van der Waals surface area contributed by atoms with Crippen molar-refractivity contribution in [3.05, 3.63) is 59.9 Å². The minimum atomic E-state index is -0.301. The van der Waals surface area contributed by atoms with Crippen molar-refractivity contribution in [2.75, 3.05) is 6.54 Å². The summed E-state index contributed by atoms with van der Waals surface area (Å²) in [5.41, 5.74) is 2.04. The summed E-state index contributed by atoms with van der Waals surface area (Å²) in [6.45, 7) is 2.86. The molecule has 0 aromatic carbocycles. The van der Waals surface area contributed by atoms with Gasteiger partial charge in [-0.2, -0.15) is 0 Å². The first-order valence-electron chi connectivity index (χ1n) is 6.02. The predicted octanol–water partition coefficient (Wildman–Crippen LogP) is 2.51. The number of likely N-dealkylation sites (N-methyl/N-ethyl adjacent to an activating group) is 1. The quantitative estimate of drug-likeness (QED) is 0.879. The summed E-state index contributed by atoms with van der Waals surface area (Å²) in [6, 6.07) is 5.54. The van der Waals surface area contributed by atoms with Crippen LogP contribution in [-0.2, 0) is 6.42 Å². The normalized spacial score (nSPS) is 12.3. The lowest BCUT2D eigenvalue weighted by Crippen LogP contribution is -2.23. The lowest BCUT2D eigenvalue weighted by atomic mass is 10.0. The van der Waals surface area contributed by atoms with E-state index in [1.807, 2.05) is 19.1 Å². The van der Waals surface area contributed by atoms with Gasteiger partial charge in [-0.25, -0.2) is 4.39 Å². The molecule has 4 heteroatoms. The first-order valence-corrected chi connectivity index (χ1v) is 6.02. The first-order chi connectivity index (χ1) is 8.79. The van der Waals surface area contributed by atoms with E-state index in [2.05, 4.69) is 15.3 Å². The number of nitrogens with one attached hydrogen (secondary N) is 1. The van der Waals surface area contributed by atoms with Gasteiger partial charge in [0.05, 0.1) is 6.20 Å². The Morgan fingerprint density at radius 3 is 2.67 bits per heavy atom. The molecule has 1 atom stereocenters. The summed E-state index contributed by atoms with van der Waals surface area (Å²) in [4.78, 5) is 7.89. The molecule has 2 aromatic rings. The van der Waals surface area contributed by atoms with Gasteiger partial charge >= 0.3 is 0 Å². The molecule has 0 aliphatic heterocycles. The molecule has 0 fully saturated rings. The highest BCUT2D eigenvalue weighted by Gasteiger charge is 2.12. The second-order valence-electron chi connectivity index (χ2n) is 4.11. The van der Waals surface area contributed by atoms with Crippen LogP contribution in [0.15, 0.2) is 43.0 Å². The van der Waals surface area contributed by atoms with Crippen molar-refractivity contribution in [1.29, 1.82) is 0 Å². The molecule has 1 unspecified atom stereocenters. The molecule has 0 saturated heterocycles. The highest BCUT2D eigenvalue weighted by atomic mass is 19.1. The van der Waals surface area contributed by atoms with Gasteiger partial charge in [-0.05, 0) is 42.3 Å². The van der Waals surface area contributed by atoms with E-state index < -0.39 is 0 Å². The zero-order valence-corrected chi connectivity index (χ0v) is 10.3. The number of hydrogen-bond acceptors (Lipinski definition) is 3. The zero-order valence-electron chi connectivity index (χ0n) is 10.3. The lowest BCUT2D eigenvalue weighted by Gasteiger charge is -2.18. The van der Waals surface area contributed by atoms with Crippen LogP contribution in [0, 0.1) is 5.82 Å². The molecule has 1 N–H and O–H groups in total. The van der Waals surface area contributed by atoms with Crippen LogP contribution in [0.2, 0.25) is 0 Å². The molecule has 2 rings (SSSR count). The molecule has 0 spiro atoms. The minimum absolute atomic E-state index is 0.0700. The molecule has 2 aromatic heterocycles. The van der Waals surface area contributed by atoms with Crippen LogP contribution in [-0.4, -0.2) is 16.5 Å². The standard InChI is InChI=1S/C14H16FN3/c1-2-18-14(7-11-3-5-16-6-4-11)12-8-13(15)10-17-9-12/h3-6,8-10,14,18H,2,7H2,1H3. The molecule has 0 amide bonds. The van der Waals surface area contributed by atoms with E-state index in [0.29, 0.717) is 0 Å². The highest BCUT2D eigenvalue weighted by molar-refractivity contribution is 5.20. The van der Waals surface area contributed by atoms with Crippen molar-refractivity contribution in [3.63, 3.8) is 0 Å². The van der Waals surface area contributed by atoms with E-state index in [-0.39, 0.29) is 11.9 Å². The van der Waals surface area contributed by atoms with Crippen LogP contribution in [0.5, 0.6) is 0 Å². The Kier molecular flexibility index (Phi) is 4.36. The van der Waals surface area contributed by atoms with Crippen LogP contribution < -0.4 is 5.32 Å². The molecule has 2 heterocycles. The van der Waals surface area contributed by atoms with Gasteiger partial charge in [-0.3, -0.25) is 9.97 Å². The largest absolute Gasteiger partial charge is 0.310 e. The smallest absolute Gasteiger partial charge is 0.141 e. The van der Waals surface area contributed by atoms with E-state index in [1.54, 1.807) is 18.6 Å². The molecule has 0 bridgehead atoms. The predicted molar refractivity (Wildman–Crippen MR) is 68.6 cm³/mol. The topological polar surface area (TPSA) is 37.8 Å². The molecule has 0 radical (unpaired) electrons. The second-order valence-corrected chi connectivity index (χ2v) is 4.11. The molecule has 3 nitrogen and oxygen atoms in total. The molecule has 18 heavy (non-hydrogen) atoms. The monoisotopic (exact) mass is 245 g/mol. The summed E-state index contributed by atoms with van der Waals surface area (Å²) in [7, 11) is 0. The number of halogens is 1. The summed E-state index contributed by atoms with van der Waals surface area (Å²) in [5.74, 6) is -0.301. The molecular weight excluding hydrogens is 229 g/mol. The fourth-order valence-electron chi connectivity index (χ4n) is 1.93. The maximum atomic E-state index is 13.2. The van der Waals surface area contributed by atoms with Crippen molar-refractivity contribution in [1.82, 2.24) is 15.3 Å². The van der Waals surface area contributed by atoms with Gasteiger partial charge in [-0.15, -0.1) is 0 Å². The molecule has 0 aliphatic carbocycles. The molecule has 0 aliphatic rings. The van der Waals surface area contributed by atoms with Crippen LogP contribution >= 0.6 is 0 Å². The SMILES string of the molecule is CCNC(Cc1ccncc1)c1cncc(F)c1. The van der Waals surface area contributed by atoms with Crippen LogP contribution in [0.25, 0.3) is 0 Å². The summed E-state index contributed by atoms with van der Waals surface area (Å²) in [6.07, 6.45) is 7.25. The summed E-state index contributed by atoms with van der Waals surface area (Å²) in [5, 5.41) is 3.35. The Hall–Kier alpha value is -1.81. The number of nitrogens with zero attached hydrogens (tertiary/aromatic N) is 2. The van der Waals surface area contributed by atoms with Crippen molar-refractivity contribution in [2.24, 2.45) is 0 Å². The van der Waals surface area contributed by atoms with Crippen molar-refractivity contribution >= 4 is 0 Å². The summed E-state index contributed by atoms with van der Waals surface area (Å²) < 4.78 is 13.2. The number of hydrogen-bond donors (Lipinski definition) is 1. The van der Waals surface area contributed by atoms with E-state index in [4.69, 9.17) is 0 Å². The van der Waals surface area contributed by atoms with Gasteiger partial charge < -0.3 is 5.32 Å². The van der Waals surface area contributed by atoms with Gasteiger partial charge in [0.25, 0.3) is 0 Å². The number of rotatable bonds is 5. The molecular formula is C14H16FN3. The minimum Gasteiger partial charge on any atom is -0.310 e. The Morgan fingerprint density at radius 2 is 2.00 bits per heavy atom. The Balaban J connectivity index is 2.18. The van der Waals surface area contributed by atoms with Crippen LogP contribution in [0.4, 0.5) is 4.39 Å². The third-order valence-corrected chi connectivity index (χ3v) is 2.77. The number of pyridine rings is 2. The van der Waals surface area contributed by atoms with E-state index in [9.17, 15) is 4.39 Å².